The van der Waals surface area contributed by atoms with Crippen LogP contribution in [0.4, 0.5) is 4.79 Å². The van der Waals surface area contributed by atoms with Gasteiger partial charge in [-0.25, -0.2) is 4.79 Å². The molecule has 2 aliphatic rings. The van der Waals surface area contributed by atoms with Gasteiger partial charge in [-0.05, 0) is 23.8 Å². The Labute approximate surface area is 149 Å². The number of urea groups is 1. The summed E-state index contributed by atoms with van der Waals surface area (Å²) in [5, 5.41) is 4.54. The fourth-order valence-corrected chi connectivity index (χ4v) is 2.59. The predicted octanol–water partition coefficient (Wildman–Crippen LogP) is 0.113. The van der Waals surface area contributed by atoms with Crippen molar-refractivity contribution in [3.8, 4) is 11.5 Å². The maximum atomic E-state index is 12.1. The summed E-state index contributed by atoms with van der Waals surface area (Å²) in [5.74, 6) is 0.215. The largest absolute Gasteiger partial charge is 0.493 e. The van der Waals surface area contributed by atoms with Crippen molar-refractivity contribution in [1.82, 2.24) is 15.5 Å². The van der Waals surface area contributed by atoms with Gasteiger partial charge >= 0.3 is 6.03 Å². The minimum Gasteiger partial charge on any atom is -0.493 e. The van der Waals surface area contributed by atoms with Crippen LogP contribution < -0.4 is 20.1 Å². The van der Waals surface area contributed by atoms with Gasteiger partial charge in [-0.2, -0.15) is 0 Å². The molecule has 2 N–H and O–H groups in total. The predicted molar refractivity (Wildman–Crippen MR) is 90.5 cm³/mol. The van der Waals surface area contributed by atoms with Gasteiger partial charge < -0.3 is 24.4 Å². The molecule has 0 bridgehead atoms. The first kappa shape index (κ1) is 17.7. The molecule has 1 aromatic rings. The van der Waals surface area contributed by atoms with Crippen LogP contribution in [0, 0.1) is 0 Å². The molecule has 1 aromatic carbocycles. The average Bonchev–Trinajstić information content (AvgIpc) is 2.97. The van der Waals surface area contributed by atoms with E-state index in [1.54, 1.807) is 23.1 Å². The van der Waals surface area contributed by atoms with Crippen LogP contribution in [0.2, 0.25) is 0 Å². The van der Waals surface area contributed by atoms with Crippen LogP contribution in [0.3, 0.4) is 0 Å². The van der Waals surface area contributed by atoms with E-state index in [9.17, 15) is 14.4 Å². The maximum Gasteiger partial charge on any atom is 0.326 e. The summed E-state index contributed by atoms with van der Waals surface area (Å²) in [5.41, 5.74) is 0.786. The second-order valence-electron chi connectivity index (χ2n) is 5.66. The molecule has 2 saturated heterocycles. The molecule has 0 aromatic heterocycles. The highest BCUT2D eigenvalue weighted by Crippen LogP contribution is 2.29. The van der Waals surface area contributed by atoms with E-state index in [0.717, 1.165) is 0 Å². The Morgan fingerprint density at radius 2 is 2.00 bits per heavy atom. The number of ether oxygens (including phenoxy) is 3. The van der Waals surface area contributed by atoms with Crippen molar-refractivity contribution in [3.05, 3.63) is 29.5 Å². The number of nitrogens with one attached hydrogen (secondary N) is 2. The van der Waals surface area contributed by atoms with Gasteiger partial charge in [0.2, 0.25) is 0 Å². The van der Waals surface area contributed by atoms with Gasteiger partial charge in [0.25, 0.3) is 11.8 Å². The quantitative estimate of drug-likeness (QED) is 0.570. The minimum absolute atomic E-state index is 0.102. The molecule has 4 amide bonds. The van der Waals surface area contributed by atoms with Crippen LogP contribution in [-0.4, -0.2) is 62.8 Å². The number of hydrogen-bond acceptors (Lipinski definition) is 6. The Kier molecular flexibility index (Phi) is 5.37. The number of nitrogens with zero attached hydrogens (tertiary/aromatic N) is 1. The minimum atomic E-state index is -0.560. The molecule has 26 heavy (non-hydrogen) atoms. The Morgan fingerprint density at radius 3 is 2.65 bits per heavy atom. The number of carbonyl (C=O) groups is 3. The number of imide groups is 1. The first-order chi connectivity index (χ1) is 12.6. The fraction of sp³-hybridized carbons (Fsp3) is 0.353. The zero-order chi connectivity index (χ0) is 18.5. The van der Waals surface area contributed by atoms with Crippen LogP contribution in [0.1, 0.15) is 5.56 Å². The first-order valence-corrected chi connectivity index (χ1v) is 8.07. The monoisotopic (exact) mass is 361 g/mol. The third-order valence-corrected chi connectivity index (χ3v) is 3.93. The summed E-state index contributed by atoms with van der Waals surface area (Å²) in [7, 11) is 1.48. The van der Waals surface area contributed by atoms with Crippen LogP contribution in [0.5, 0.6) is 11.5 Å². The lowest BCUT2D eigenvalue weighted by atomic mass is 10.1. The molecule has 0 saturated carbocycles. The lowest BCUT2D eigenvalue weighted by Gasteiger charge is -2.26. The maximum absolute atomic E-state index is 12.1. The van der Waals surface area contributed by atoms with E-state index in [1.165, 1.54) is 13.2 Å². The normalized spacial score (nSPS) is 18.5. The van der Waals surface area contributed by atoms with Crippen molar-refractivity contribution < 1.29 is 28.6 Å². The topological polar surface area (TPSA) is 106 Å². The zero-order valence-corrected chi connectivity index (χ0v) is 14.2. The highest BCUT2D eigenvalue weighted by atomic mass is 16.5. The van der Waals surface area contributed by atoms with Crippen LogP contribution in [0.25, 0.3) is 6.08 Å². The van der Waals surface area contributed by atoms with E-state index in [4.69, 9.17) is 14.2 Å². The molecule has 138 valence electrons. The summed E-state index contributed by atoms with van der Waals surface area (Å²) >= 11 is 0. The van der Waals surface area contributed by atoms with Gasteiger partial charge in [0.15, 0.2) is 18.1 Å². The molecule has 2 aliphatic heterocycles. The van der Waals surface area contributed by atoms with Crippen LogP contribution in [-0.2, 0) is 14.3 Å². The molecule has 2 fully saturated rings. The van der Waals surface area contributed by atoms with Crippen molar-refractivity contribution in [2.45, 2.75) is 0 Å². The van der Waals surface area contributed by atoms with Gasteiger partial charge in [-0.3, -0.25) is 14.9 Å². The van der Waals surface area contributed by atoms with E-state index in [0.29, 0.717) is 43.4 Å². The number of rotatable bonds is 5. The van der Waals surface area contributed by atoms with E-state index in [1.807, 2.05) is 0 Å². The molecule has 0 atom stereocenters. The van der Waals surface area contributed by atoms with Crippen LogP contribution in [0.15, 0.2) is 23.9 Å². The van der Waals surface area contributed by atoms with Gasteiger partial charge in [-0.1, -0.05) is 6.07 Å². The van der Waals surface area contributed by atoms with Crippen molar-refractivity contribution in [1.29, 1.82) is 0 Å². The van der Waals surface area contributed by atoms with Crippen molar-refractivity contribution in [2.24, 2.45) is 0 Å². The third kappa shape index (κ3) is 4.12. The molecule has 9 heteroatoms. The molecule has 0 radical (unpaired) electrons. The Balaban J connectivity index is 1.67. The molecule has 9 nitrogen and oxygen atoms in total. The van der Waals surface area contributed by atoms with Crippen LogP contribution >= 0.6 is 0 Å². The number of carbonyl (C=O) groups excluding carboxylic acids is 3. The second kappa shape index (κ2) is 7.87. The second-order valence-corrected chi connectivity index (χ2v) is 5.66. The Hall–Kier alpha value is -3.07. The molecule has 2 heterocycles. The summed E-state index contributed by atoms with van der Waals surface area (Å²) in [4.78, 5) is 36.5. The molecular formula is C17H19N3O6. The summed E-state index contributed by atoms with van der Waals surface area (Å²) in [6, 6.07) is 4.43. The number of amides is 4. The number of benzene rings is 1. The number of morpholine rings is 1. The van der Waals surface area contributed by atoms with Crippen molar-refractivity contribution in [3.63, 3.8) is 0 Å². The van der Waals surface area contributed by atoms with E-state index in [2.05, 4.69) is 10.6 Å². The average molecular weight is 361 g/mol. The van der Waals surface area contributed by atoms with Gasteiger partial charge in [0.1, 0.15) is 5.70 Å². The SMILES string of the molecule is COc1cc(/C=C2/NC(=O)NC2=O)ccc1OCC(=O)N1CCOCC1. The molecule has 3 rings (SSSR count). The van der Waals surface area contributed by atoms with Gasteiger partial charge in [0, 0.05) is 13.1 Å². The molecule has 0 spiro atoms. The highest BCUT2D eigenvalue weighted by molar-refractivity contribution is 6.14. The molecular weight excluding hydrogens is 342 g/mol. The lowest BCUT2D eigenvalue weighted by molar-refractivity contribution is -0.137. The summed E-state index contributed by atoms with van der Waals surface area (Å²) in [6.07, 6.45) is 1.52. The highest BCUT2D eigenvalue weighted by Gasteiger charge is 2.23. The number of methoxy groups -OCH3 is 1. The van der Waals surface area contributed by atoms with E-state index in [-0.39, 0.29) is 18.2 Å². The van der Waals surface area contributed by atoms with Crippen molar-refractivity contribution in [2.75, 3.05) is 40.0 Å². The summed E-state index contributed by atoms with van der Waals surface area (Å²) in [6.45, 7) is 2.07. The molecule has 0 aliphatic carbocycles. The third-order valence-electron chi connectivity index (χ3n) is 3.93. The Morgan fingerprint density at radius 1 is 1.23 bits per heavy atom. The fourth-order valence-electron chi connectivity index (χ4n) is 2.59. The zero-order valence-electron chi connectivity index (χ0n) is 14.2. The number of hydrogen-bond donors (Lipinski definition) is 2. The van der Waals surface area contributed by atoms with Gasteiger partial charge in [0.05, 0.1) is 20.3 Å². The standard InChI is InChI=1S/C17H19N3O6/c1-24-14-9-11(8-12-16(22)19-17(23)18-12)2-3-13(14)26-10-15(21)20-4-6-25-7-5-20/h2-3,8-9H,4-7,10H2,1H3,(H2,18,19,22,23)/b12-8+. The van der Waals surface area contributed by atoms with Gasteiger partial charge in [-0.15, -0.1) is 0 Å². The van der Waals surface area contributed by atoms with E-state index >= 15 is 0 Å². The Bertz CT molecular complexity index is 755. The molecule has 0 unspecified atom stereocenters. The van der Waals surface area contributed by atoms with Crippen molar-refractivity contribution >= 4 is 23.9 Å². The lowest BCUT2D eigenvalue weighted by Crippen LogP contribution is -2.43. The first-order valence-electron chi connectivity index (χ1n) is 8.07. The summed E-state index contributed by atoms with van der Waals surface area (Å²) < 4.78 is 16.1. The van der Waals surface area contributed by atoms with E-state index < -0.39 is 11.9 Å². The smallest absolute Gasteiger partial charge is 0.326 e.